The van der Waals surface area contributed by atoms with E-state index >= 15 is 0 Å². The van der Waals surface area contributed by atoms with Crippen LogP contribution in [0.2, 0.25) is 0 Å². The molecule has 0 aliphatic carbocycles. The van der Waals surface area contributed by atoms with Gasteiger partial charge >= 0.3 is 0 Å². The molecule has 7 nitrogen and oxygen atoms in total. The lowest BCUT2D eigenvalue weighted by atomic mass is 9.99. The van der Waals surface area contributed by atoms with Gasteiger partial charge in [0.15, 0.2) is 0 Å². The number of rotatable bonds is 4. The van der Waals surface area contributed by atoms with Crippen molar-refractivity contribution in [3.05, 3.63) is 78.7 Å². The second kappa shape index (κ2) is 6.93. The number of hydrogen-bond acceptors (Lipinski definition) is 7. The van der Waals surface area contributed by atoms with Gasteiger partial charge in [-0.3, -0.25) is 14.9 Å². The van der Waals surface area contributed by atoms with E-state index in [1.54, 1.807) is 17.5 Å². The van der Waals surface area contributed by atoms with Crippen molar-refractivity contribution in [2.75, 3.05) is 0 Å². The molecule has 27 heavy (non-hydrogen) atoms. The number of non-ortho nitro benzene ring substituents is 1. The zero-order chi connectivity index (χ0) is 19.0. The molecule has 0 radical (unpaired) electrons. The molecule has 1 aliphatic heterocycles. The van der Waals surface area contributed by atoms with E-state index in [0.29, 0.717) is 22.6 Å². The van der Waals surface area contributed by atoms with E-state index in [1.807, 2.05) is 17.5 Å². The van der Waals surface area contributed by atoms with Crippen LogP contribution in [0.15, 0.2) is 58.3 Å². The van der Waals surface area contributed by atoms with Gasteiger partial charge in [-0.25, -0.2) is 5.01 Å². The number of benzene rings is 1. The lowest BCUT2D eigenvalue weighted by Gasteiger charge is -2.22. The van der Waals surface area contributed by atoms with Gasteiger partial charge in [-0.05, 0) is 29.0 Å². The fourth-order valence-electron chi connectivity index (χ4n) is 2.97. The number of phenolic OH excluding ortho intramolecular Hbond substituents is 1. The summed E-state index contributed by atoms with van der Waals surface area (Å²) in [5, 5.41) is 31.0. The molecular weight excluding hydrogens is 386 g/mol. The predicted octanol–water partition coefficient (Wildman–Crippen LogP) is 4.41. The quantitative estimate of drug-likeness (QED) is 0.519. The Kier molecular flexibility index (Phi) is 4.46. The zero-order valence-corrected chi connectivity index (χ0v) is 15.4. The van der Waals surface area contributed by atoms with Crippen molar-refractivity contribution in [2.45, 2.75) is 12.5 Å². The standard InChI is InChI=1S/C18H13N3O4S2/c22-15-6-5-11(21(24)25)9-12(15)14-10-13(16-3-1-7-26-16)19-20(14)18(23)17-4-2-8-27-17/h1-9,14,22H,10H2. The molecule has 3 aromatic rings. The number of nitro benzene ring substituents is 1. The lowest BCUT2D eigenvalue weighted by Crippen LogP contribution is -2.26. The van der Waals surface area contributed by atoms with Crippen molar-refractivity contribution in [3.63, 3.8) is 0 Å². The Morgan fingerprint density at radius 1 is 1.22 bits per heavy atom. The van der Waals surface area contributed by atoms with Crippen LogP contribution in [-0.4, -0.2) is 26.7 Å². The third-order valence-corrected chi connectivity index (χ3v) is 6.01. The van der Waals surface area contributed by atoms with Crippen molar-refractivity contribution in [2.24, 2.45) is 5.10 Å². The predicted molar refractivity (Wildman–Crippen MR) is 103 cm³/mol. The molecule has 0 bridgehead atoms. The summed E-state index contributed by atoms with van der Waals surface area (Å²) >= 11 is 2.80. The maximum absolute atomic E-state index is 13.0. The number of carbonyl (C=O) groups is 1. The summed E-state index contributed by atoms with van der Waals surface area (Å²) in [7, 11) is 0. The smallest absolute Gasteiger partial charge is 0.284 e. The molecule has 0 fully saturated rings. The Morgan fingerprint density at radius 2 is 2.00 bits per heavy atom. The third kappa shape index (κ3) is 3.22. The van der Waals surface area contributed by atoms with E-state index in [2.05, 4.69) is 5.10 Å². The first kappa shape index (κ1) is 17.4. The fourth-order valence-corrected chi connectivity index (χ4v) is 4.34. The number of thiophene rings is 2. The Hall–Kier alpha value is -3.04. The average molecular weight is 399 g/mol. The van der Waals surface area contributed by atoms with Crippen LogP contribution < -0.4 is 0 Å². The van der Waals surface area contributed by atoms with E-state index < -0.39 is 11.0 Å². The number of phenols is 1. The van der Waals surface area contributed by atoms with Crippen LogP contribution in [0.5, 0.6) is 5.75 Å². The van der Waals surface area contributed by atoms with E-state index in [-0.39, 0.29) is 17.3 Å². The highest BCUT2D eigenvalue weighted by Gasteiger charge is 2.36. The third-order valence-electron chi connectivity index (χ3n) is 4.24. The molecule has 3 heterocycles. The molecule has 1 amide bonds. The Bertz CT molecular complexity index is 1030. The summed E-state index contributed by atoms with van der Waals surface area (Å²) < 4.78 is 0. The second-order valence-corrected chi connectivity index (χ2v) is 7.77. The number of nitro groups is 1. The maximum Gasteiger partial charge on any atom is 0.284 e. The number of hydrazone groups is 1. The van der Waals surface area contributed by atoms with Crippen LogP contribution in [0, 0.1) is 10.1 Å². The minimum Gasteiger partial charge on any atom is -0.508 e. The van der Waals surface area contributed by atoms with Crippen LogP contribution in [-0.2, 0) is 0 Å². The van der Waals surface area contributed by atoms with Crippen molar-refractivity contribution >= 4 is 40.0 Å². The maximum atomic E-state index is 13.0. The molecular formula is C18H13N3O4S2. The first-order valence-electron chi connectivity index (χ1n) is 8.00. The Labute approximate surface area is 162 Å². The summed E-state index contributed by atoms with van der Waals surface area (Å²) in [6.45, 7) is 0. The largest absolute Gasteiger partial charge is 0.508 e. The van der Waals surface area contributed by atoms with Crippen molar-refractivity contribution in [3.8, 4) is 5.75 Å². The van der Waals surface area contributed by atoms with Crippen molar-refractivity contribution < 1.29 is 14.8 Å². The van der Waals surface area contributed by atoms with Gasteiger partial charge in [-0.15, -0.1) is 22.7 Å². The molecule has 0 saturated heterocycles. The molecule has 2 aromatic heterocycles. The van der Waals surface area contributed by atoms with E-state index in [0.717, 1.165) is 4.88 Å². The molecule has 1 aliphatic rings. The summed E-state index contributed by atoms with van der Waals surface area (Å²) in [6.07, 6.45) is 0.367. The Morgan fingerprint density at radius 3 is 2.67 bits per heavy atom. The highest BCUT2D eigenvalue weighted by molar-refractivity contribution is 7.12. The molecule has 1 aromatic carbocycles. The minimum absolute atomic E-state index is 0.0998. The SMILES string of the molecule is O=C(c1cccs1)N1N=C(c2cccs2)CC1c1cc([N+](=O)[O-])ccc1O. The molecule has 4 rings (SSSR count). The van der Waals surface area contributed by atoms with Gasteiger partial charge in [-0.1, -0.05) is 12.1 Å². The molecule has 0 spiro atoms. The first-order chi connectivity index (χ1) is 13.0. The average Bonchev–Trinajstić information content (AvgIpc) is 3.41. The van der Waals surface area contributed by atoms with Gasteiger partial charge in [0, 0.05) is 24.1 Å². The molecule has 0 saturated carbocycles. The van der Waals surface area contributed by atoms with E-state index in [9.17, 15) is 20.0 Å². The van der Waals surface area contributed by atoms with Gasteiger partial charge in [0.2, 0.25) is 0 Å². The van der Waals surface area contributed by atoms with Gasteiger partial charge in [-0.2, -0.15) is 5.10 Å². The van der Waals surface area contributed by atoms with Crippen molar-refractivity contribution in [1.29, 1.82) is 0 Å². The van der Waals surface area contributed by atoms with Crippen LogP contribution >= 0.6 is 22.7 Å². The van der Waals surface area contributed by atoms with Crippen molar-refractivity contribution in [1.82, 2.24) is 5.01 Å². The van der Waals surface area contributed by atoms with Crippen LogP contribution in [0.3, 0.4) is 0 Å². The summed E-state index contributed by atoms with van der Waals surface area (Å²) in [5.41, 5.74) is 0.881. The second-order valence-electron chi connectivity index (χ2n) is 5.87. The monoisotopic (exact) mass is 399 g/mol. The topological polar surface area (TPSA) is 96.0 Å². The van der Waals surface area contributed by atoms with Crippen LogP contribution in [0.25, 0.3) is 0 Å². The van der Waals surface area contributed by atoms with Gasteiger partial charge in [0.1, 0.15) is 5.75 Å². The molecule has 136 valence electrons. The molecule has 9 heteroatoms. The lowest BCUT2D eigenvalue weighted by molar-refractivity contribution is -0.385. The number of nitrogens with zero attached hydrogens (tertiary/aromatic N) is 3. The molecule has 1 N–H and O–H groups in total. The van der Waals surface area contributed by atoms with Gasteiger partial charge in [0.25, 0.3) is 11.6 Å². The highest BCUT2D eigenvalue weighted by Crippen LogP contribution is 2.40. The summed E-state index contributed by atoms with van der Waals surface area (Å²) in [4.78, 5) is 25.0. The van der Waals surface area contributed by atoms with Crippen LogP contribution in [0.1, 0.15) is 32.6 Å². The number of amides is 1. The number of carbonyl (C=O) groups excluding carboxylic acids is 1. The zero-order valence-electron chi connectivity index (χ0n) is 13.8. The highest BCUT2D eigenvalue weighted by atomic mass is 32.1. The summed E-state index contributed by atoms with van der Waals surface area (Å²) in [5.74, 6) is -0.398. The van der Waals surface area contributed by atoms with E-state index in [1.165, 1.54) is 45.9 Å². The number of aromatic hydroxyl groups is 1. The van der Waals surface area contributed by atoms with Crippen LogP contribution in [0.4, 0.5) is 5.69 Å². The molecule has 1 atom stereocenters. The minimum atomic E-state index is -0.614. The number of hydrogen-bond donors (Lipinski definition) is 1. The Balaban J connectivity index is 1.78. The fraction of sp³-hybridized carbons (Fsp3) is 0.111. The molecule has 1 unspecified atom stereocenters. The van der Waals surface area contributed by atoms with Gasteiger partial charge in [0.05, 0.1) is 26.4 Å². The first-order valence-corrected chi connectivity index (χ1v) is 9.76. The van der Waals surface area contributed by atoms with E-state index in [4.69, 9.17) is 0 Å². The van der Waals surface area contributed by atoms with Gasteiger partial charge < -0.3 is 5.11 Å². The summed E-state index contributed by atoms with van der Waals surface area (Å²) in [6, 6.07) is 10.5. The normalized spacial score (nSPS) is 16.4.